The summed E-state index contributed by atoms with van der Waals surface area (Å²) in [5.41, 5.74) is 1.35. The van der Waals surface area contributed by atoms with Crippen LogP contribution in [0.1, 0.15) is 43.0 Å². The van der Waals surface area contributed by atoms with Gasteiger partial charge in [0.05, 0.1) is 0 Å². The zero-order chi connectivity index (χ0) is 13.7. The van der Waals surface area contributed by atoms with Crippen LogP contribution in [-0.2, 0) is 0 Å². The number of ketones is 1. The van der Waals surface area contributed by atoms with E-state index >= 15 is 0 Å². The summed E-state index contributed by atoms with van der Waals surface area (Å²) in [6.45, 7) is 2.24. The molecular weight excluding hydrogens is 240 g/mol. The molecule has 0 saturated heterocycles. The Morgan fingerprint density at radius 1 is 1.21 bits per heavy atom. The van der Waals surface area contributed by atoms with Gasteiger partial charge < -0.3 is 10.6 Å². The topological polar surface area (TPSA) is 58.2 Å². The van der Waals surface area contributed by atoms with Gasteiger partial charge in [-0.3, -0.25) is 4.79 Å². The van der Waals surface area contributed by atoms with Gasteiger partial charge in [0.2, 0.25) is 0 Å². The average Bonchev–Trinajstić information content (AvgIpc) is 3.19. The first-order valence-electron chi connectivity index (χ1n) is 6.81. The predicted octanol–water partition coefficient (Wildman–Crippen LogP) is 3.20. The number of anilines is 1. The van der Waals surface area contributed by atoms with E-state index in [1.165, 1.54) is 26.2 Å². The number of urea groups is 1. The smallest absolute Gasteiger partial charge is 0.319 e. The Hall–Kier alpha value is -1.84. The second kappa shape index (κ2) is 6.36. The van der Waals surface area contributed by atoms with E-state index in [9.17, 15) is 9.59 Å². The molecule has 0 aromatic heterocycles. The van der Waals surface area contributed by atoms with Crippen LogP contribution in [0.3, 0.4) is 0 Å². The van der Waals surface area contributed by atoms with Gasteiger partial charge in [-0.25, -0.2) is 4.79 Å². The maximum Gasteiger partial charge on any atom is 0.319 e. The number of nitrogens with one attached hydrogen (secondary N) is 2. The lowest BCUT2D eigenvalue weighted by atomic mass is 10.1. The van der Waals surface area contributed by atoms with Crippen molar-refractivity contribution in [1.82, 2.24) is 5.32 Å². The second-order valence-electron chi connectivity index (χ2n) is 5.10. The van der Waals surface area contributed by atoms with Crippen molar-refractivity contribution in [3.05, 3.63) is 29.8 Å². The van der Waals surface area contributed by atoms with Crippen molar-refractivity contribution in [1.29, 1.82) is 0 Å². The SMILES string of the molecule is CC(=O)c1ccc(NC(=O)NCCCC2CC2)cc1. The number of Topliss-reactive ketones (excluding diaryl/α,β-unsaturated/α-hetero) is 1. The van der Waals surface area contributed by atoms with Crippen molar-refractivity contribution in [2.45, 2.75) is 32.6 Å². The number of benzene rings is 1. The standard InChI is InChI=1S/C15H20N2O2/c1-11(18)13-6-8-14(9-7-13)17-15(19)16-10-2-3-12-4-5-12/h6-9,12H,2-5,10H2,1H3,(H2,16,17,19). The van der Waals surface area contributed by atoms with Crippen LogP contribution in [0.25, 0.3) is 0 Å². The summed E-state index contributed by atoms with van der Waals surface area (Å²) in [6, 6.07) is 6.71. The summed E-state index contributed by atoms with van der Waals surface area (Å²) in [5.74, 6) is 0.931. The lowest BCUT2D eigenvalue weighted by Crippen LogP contribution is -2.29. The molecule has 0 unspecified atom stereocenters. The number of carbonyl (C=O) groups excluding carboxylic acids is 2. The van der Waals surface area contributed by atoms with Crippen molar-refractivity contribution >= 4 is 17.5 Å². The van der Waals surface area contributed by atoms with Gasteiger partial charge in [-0.15, -0.1) is 0 Å². The number of carbonyl (C=O) groups is 2. The molecule has 0 aliphatic heterocycles. The van der Waals surface area contributed by atoms with Crippen LogP contribution in [0.4, 0.5) is 10.5 Å². The molecule has 2 amide bonds. The molecule has 19 heavy (non-hydrogen) atoms. The molecule has 0 bridgehead atoms. The summed E-state index contributed by atoms with van der Waals surface area (Å²) in [5, 5.41) is 5.59. The largest absolute Gasteiger partial charge is 0.338 e. The molecule has 2 N–H and O–H groups in total. The Morgan fingerprint density at radius 3 is 2.47 bits per heavy atom. The molecule has 1 aromatic carbocycles. The van der Waals surface area contributed by atoms with Gasteiger partial charge in [-0.05, 0) is 49.9 Å². The first-order chi connectivity index (χ1) is 9.15. The van der Waals surface area contributed by atoms with E-state index in [2.05, 4.69) is 10.6 Å². The van der Waals surface area contributed by atoms with Crippen molar-refractivity contribution in [3.63, 3.8) is 0 Å². The van der Waals surface area contributed by atoms with Gasteiger partial charge in [-0.2, -0.15) is 0 Å². The summed E-state index contributed by atoms with van der Waals surface area (Å²) >= 11 is 0. The van der Waals surface area contributed by atoms with Gasteiger partial charge in [0.15, 0.2) is 5.78 Å². The van der Waals surface area contributed by atoms with E-state index < -0.39 is 0 Å². The van der Waals surface area contributed by atoms with Crippen LogP contribution >= 0.6 is 0 Å². The molecule has 4 heteroatoms. The maximum atomic E-state index is 11.6. The highest BCUT2D eigenvalue weighted by molar-refractivity contribution is 5.95. The van der Waals surface area contributed by atoms with Gasteiger partial charge in [0.25, 0.3) is 0 Å². The highest BCUT2D eigenvalue weighted by Crippen LogP contribution is 2.33. The monoisotopic (exact) mass is 260 g/mol. The predicted molar refractivity (Wildman–Crippen MR) is 75.4 cm³/mol. The minimum atomic E-state index is -0.189. The van der Waals surface area contributed by atoms with Crippen LogP contribution in [0.5, 0.6) is 0 Å². The van der Waals surface area contributed by atoms with Crippen LogP contribution in [-0.4, -0.2) is 18.4 Å². The normalized spacial score (nSPS) is 13.9. The zero-order valence-corrected chi connectivity index (χ0v) is 11.2. The molecule has 0 heterocycles. The molecule has 2 rings (SSSR count). The summed E-state index contributed by atoms with van der Waals surface area (Å²) in [7, 11) is 0. The minimum Gasteiger partial charge on any atom is -0.338 e. The van der Waals surface area contributed by atoms with E-state index in [0.29, 0.717) is 17.8 Å². The third kappa shape index (κ3) is 4.73. The Morgan fingerprint density at radius 2 is 1.89 bits per heavy atom. The minimum absolute atomic E-state index is 0.0241. The first-order valence-corrected chi connectivity index (χ1v) is 6.81. The molecule has 0 radical (unpaired) electrons. The van der Waals surface area contributed by atoms with Gasteiger partial charge in [0, 0.05) is 17.8 Å². The third-order valence-electron chi connectivity index (χ3n) is 3.32. The highest BCUT2D eigenvalue weighted by Gasteiger charge is 2.20. The summed E-state index contributed by atoms with van der Waals surface area (Å²) < 4.78 is 0. The molecule has 1 aliphatic carbocycles. The zero-order valence-electron chi connectivity index (χ0n) is 11.2. The molecular formula is C15H20N2O2. The maximum absolute atomic E-state index is 11.6. The lowest BCUT2D eigenvalue weighted by molar-refractivity contribution is 0.101. The number of rotatable bonds is 6. The van der Waals surface area contributed by atoms with Gasteiger partial charge in [0.1, 0.15) is 0 Å². The van der Waals surface area contributed by atoms with E-state index in [-0.39, 0.29) is 11.8 Å². The summed E-state index contributed by atoms with van der Waals surface area (Å²) in [4.78, 5) is 22.7. The summed E-state index contributed by atoms with van der Waals surface area (Å²) in [6.07, 6.45) is 4.97. The van der Waals surface area contributed by atoms with Crippen LogP contribution < -0.4 is 10.6 Å². The molecule has 1 aromatic rings. The fraction of sp³-hybridized carbons (Fsp3) is 0.467. The second-order valence-corrected chi connectivity index (χ2v) is 5.10. The molecule has 1 saturated carbocycles. The quantitative estimate of drug-likeness (QED) is 0.609. The fourth-order valence-corrected chi connectivity index (χ4v) is 1.96. The Balaban J connectivity index is 1.69. The van der Waals surface area contributed by atoms with Crippen molar-refractivity contribution in [3.8, 4) is 0 Å². The third-order valence-corrected chi connectivity index (χ3v) is 3.32. The molecule has 0 spiro atoms. The van der Waals surface area contributed by atoms with Crippen molar-refractivity contribution < 1.29 is 9.59 Å². The Labute approximate surface area is 113 Å². The molecule has 0 atom stereocenters. The lowest BCUT2D eigenvalue weighted by Gasteiger charge is -2.07. The van der Waals surface area contributed by atoms with Crippen molar-refractivity contribution in [2.75, 3.05) is 11.9 Å². The van der Waals surface area contributed by atoms with Crippen LogP contribution in [0.2, 0.25) is 0 Å². The molecule has 102 valence electrons. The average molecular weight is 260 g/mol. The van der Waals surface area contributed by atoms with E-state index in [0.717, 1.165) is 12.3 Å². The van der Waals surface area contributed by atoms with Crippen LogP contribution in [0.15, 0.2) is 24.3 Å². The van der Waals surface area contributed by atoms with Crippen molar-refractivity contribution in [2.24, 2.45) is 5.92 Å². The fourth-order valence-electron chi connectivity index (χ4n) is 1.96. The van der Waals surface area contributed by atoms with Gasteiger partial charge in [-0.1, -0.05) is 12.8 Å². The highest BCUT2D eigenvalue weighted by atomic mass is 16.2. The Bertz CT molecular complexity index is 450. The number of hydrogen-bond acceptors (Lipinski definition) is 2. The van der Waals surface area contributed by atoms with Crippen LogP contribution in [0, 0.1) is 5.92 Å². The number of hydrogen-bond donors (Lipinski definition) is 2. The van der Waals surface area contributed by atoms with E-state index in [1.54, 1.807) is 24.3 Å². The van der Waals surface area contributed by atoms with E-state index in [1.807, 2.05) is 0 Å². The molecule has 4 nitrogen and oxygen atoms in total. The molecule has 1 aliphatic rings. The number of amides is 2. The molecule has 1 fully saturated rings. The van der Waals surface area contributed by atoms with Gasteiger partial charge >= 0.3 is 6.03 Å². The Kier molecular flexibility index (Phi) is 4.55. The first kappa shape index (κ1) is 13.6. The van der Waals surface area contributed by atoms with E-state index in [4.69, 9.17) is 0 Å².